The largest absolute Gasteiger partial charge is 0.494 e. The van der Waals surface area contributed by atoms with Gasteiger partial charge in [-0.3, -0.25) is 4.79 Å². The van der Waals surface area contributed by atoms with Crippen LogP contribution in [0.3, 0.4) is 0 Å². The standard InChI is InChI=1S/C13H15F3O3/c14-13(15,16)12(18)7-4-10-2-5-11(6-3-10)19-9-1-8-17/h2-3,5-6,17H,1,4,7-9H2. The van der Waals surface area contributed by atoms with E-state index in [4.69, 9.17) is 9.84 Å². The minimum Gasteiger partial charge on any atom is -0.494 e. The quantitative estimate of drug-likeness (QED) is 0.778. The summed E-state index contributed by atoms with van der Waals surface area (Å²) in [7, 11) is 0. The third-order valence-corrected chi connectivity index (χ3v) is 2.45. The van der Waals surface area contributed by atoms with Crippen LogP contribution in [0, 0.1) is 0 Å². The predicted molar refractivity (Wildman–Crippen MR) is 63.0 cm³/mol. The molecule has 0 amide bonds. The SMILES string of the molecule is O=C(CCc1ccc(OCCCO)cc1)C(F)(F)F. The Kier molecular flexibility index (Phi) is 5.82. The number of alkyl halides is 3. The topological polar surface area (TPSA) is 46.5 Å². The molecule has 0 atom stereocenters. The van der Waals surface area contributed by atoms with Crippen LogP contribution in [0.1, 0.15) is 18.4 Å². The van der Waals surface area contributed by atoms with Gasteiger partial charge >= 0.3 is 6.18 Å². The molecule has 0 spiro atoms. The highest BCUT2D eigenvalue weighted by Crippen LogP contribution is 2.20. The Morgan fingerprint density at radius 2 is 1.84 bits per heavy atom. The average molecular weight is 276 g/mol. The maximum Gasteiger partial charge on any atom is 0.449 e. The number of aliphatic hydroxyl groups excluding tert-OH is 1. The maximum atomic E-state index is 12.0. The van der Waals surface area contributed by atoms with Crippen LogP contribution < -0.4 is 4.74 Å². The van der Waals surface area contributed by atoms with Crippen LogP contribution >= 0.6 is 0 Å². The molecule has 19 heavy (non-hydrogen) atoms. The van der Waals surface area contributed by atoms with E-state index in [0.717, 1.165) is 0 Å². The minimum absolute atomic E-state index is 0.0393. The Labute approximate surface area is 109 Å². The van der Waals surface area contributed by atoms with Crippen LogP contribution in [-0.2, 0) is 11.2 Å². The van der Waals surface area contributed by atoms with Crippen LogP contribution in [0.2, 0.25) is 0 Å². The summed E-state index contributed by atoms with van der Waals surface area (Å²) in [5.74, 6) is -1.13. The molecule has 0 unspecified atom stereocenters. The molecule has 3 nitrogen and oxygen atoms in total. The second kappa shape index (κ2) is 7.13. The molecule has 1 aromatic carbocycles. The third kappa shape index (κ3) is 5.74. The lowest BCUT2D eigenvalue weighted by molar-refractivity contribution is -0.171. The Morgan fingerprint density at radius 3 is 2.37 bits per heavy atom. The first-order valence-electron chi connectivity index (χ1n) is 5.86. The first-order chi connectivity index (χ1) is 8.93. The molecule has 0 aromatic heterocycles. The fourth-order valence-electron chi connectivity index (χ4n) is 1.41. The Bertz CT molecular complexity index is 399. The van der Waals surface area contributed by atoms with Crippen molar-refractivity contribution >= 4 is 5.78 Å². The Hall–Kier alpha value is -1.56. The summed E-state index contributed by atoms with van der Waals surface area (Å²) in [5, 5.41) is 8.57. The van der Waals surface area contributed by atoms with Crippen LogP contribution in [0.25, 0.3) is 0 Å². The number of benzene rings is 1. The van der Waals surface area contributed by atoms with E-state index in [9.17, 15) is 18.0 Å². The zero-order valence-corrected chi connectivity index (χ0v) is 10.2. The lowest BCUT2D eigenvalue weighted by atomic mass is 10.1. The summed E-state index contributed by atoms with van der Waals surface area (Å²) >= 11 is 0. The van der Waals surface area contributed by atoms with E-state index in [-0.39, 0.29) is 13.0 Å². The molecule has 0 radical (unpaired) electrons. The van der Waals surface area contributed by atoms with E-state index in [1.807, 2.05) is 0 Å². The van der Waals surface area contributed by atoms with Crippen molar-refractivity contribution in [1.82, 2.24) is 0 Å². The molecule has 0 aliphatic heterocycles. The van der Waals surface area contributed by atoms with Gasteiger partial charge in [0, 0.05) is 19.4 Å². The van der Waals surface area contributed by atoms with Gasteiger partial charge in [0.2, 0.25) is 5.78 Å². The van der Waals surface area contributed by atoms with Crippen molar-refractivity contribution in [2.24, 2.45) is 0 Å². The molecule has 106 valence electrons. The summed E-state index contributed by atoms with van der Waals surface area (Å²) < 4.78 is 41.3. The number of carbonyl (C=O) groups is 1. The van der Waals surface area contributed by atoms with Crippen molar-refractivity contribution in [3.8, 4) is 5.75 Å². The van der Waals surface area contributed by atoms with Gasteiger partial charge in [-0.2, -0.15) is 13.2 Å². The van der Waals surface area contributed by atoms with E-state index >= 15 is 0 Å². The lowest BCUT2D eigenvalue weighted by Crippen LogP contribution is -2.22. The van der Waals surface area contributed by atoms with E-state index in [0.29, 0.717) is 24.3 Å². The smallest absolute Gasteiger partial charge is 0.449 e. The number of hydrogen-bond acceptors (Lipinski definition) is 3. The predicted octanol–water partition coefficient (Wildman–Crippen LogP) is 2.51. The number of hydrogen-bond donors (Lipinski definition) is 1. The number of rotatable bonds is 7. The third-order valence-electron chi connectivity index (χ3n) is 2.45. The van der Waals surface area contributed by atoms with E-state index in [2.05, 4.69) is 0 Å². The fraction of sp³-hybridized carbons (Fsp3) is 0.462. The number of Topliss-reactive ketones (excluding diaryl/α,β-unsaturated/α-hetero) is 1. The number of halogens is 3. The molecule has 0 aliphatic rings. The second-order valence-electron chi connectivity index (χ2n) is 3.99. The summed E-state index contributed by atoms with van der Waals surface area (Å²) in [5.41, 5.74) is 0.645. The molecule has 6 heteroatoms. The molecule has 0 bridgehead atoms. The van der Waals surface area contributed by atoms with Crippen molar-refractivity contribution in [3.05, 3.63) is 29.8 Å². The van der Waals surface area contributed by atoms with Gasteiger partial charge in [-0.05, 0) is 24.1 Å². The molecule has 1 aromatic rings. The van der Waals surface area contributed by atoms with Crippen molar-refractivity contribution in [2.75, 3.05) is 13.2 Å². The summed E-state index contributed by atoms with van der Waals surface area (Å²) in [6.07, 6.45) is -4.74. The maximum absolute atomic E-state index is 12.0. The summed E-state index contributed by atoms with van der Waals surface area (Å²) in [4.78, 5) is 10.7. The van der Waals surface area contributed by atoms with Gasteiger partial charge in [-0.15, -0.1) is 0 Å². The Balaban J connectivity index is 2.42. The van der Waals surface area contributed by atoms with Gasteiger partial charge in [0.15, 0.2) is 0 Å². The van der Waals surface area contributed by atoms with Crippen LogP contribution in [0.15, 0.2) is 24.3 Å². The summed E-state index contributed by atoms with van der Waals surface area (Å²) in [6, 6.07) is 6.51. The molecular formula is C13H15F3O3. The van der Waals surface area contributed by atoms with Gasteiger partial charge in [-0.1, -0.05) is 12.1 Å². The van der Waals surface area contributed by atoms with Crippen molar-refractivity contribution in [1.29, 1.82) is 0 Å². The van der Waals surface area contributed by atoms with Crippen molar-refractivity contribution in [3.63, 3.8) is 0 Å². The zero-order valence-electron chi connectivity index (χ0n) is 10.2. The van der Waals surface area contributed by atoms with Crippen molar-refractivity contribution in [2.45, 2.75) is 25.4 Å². The monoisotopic (exact) mass is 276 g/mol. The Morgan fingerprint density at radius 1 is 1.21 bits per heavy atom. The molecular weight excluding hydrogens is 261 g/mol. The van der Waals surface area contributed by atoms with Gasteiger partial charge < -0.3 is 9.84 Å². The number of ketones is 1. The second-order valence-corrected chi connectivity index (χ2v) is 3.99. The molecule has 0 saturated heterocycles. The van der Waals surface area contributed by atoms with Gasteiger partial charge in [-0.25, -0.2) is 0 Å². The molecule has 0 saturated carbocycles. The summed E-state index contributed by atoms with van der Waals surface area (Å²) in [6.45, 7) is 0.417. The van der Waals surface area contributed by atoms with Gasteiger partial charge in [0.25, 0.3) is 0 Å². The molecule has 0 aliphatic carbocycles. The van der Waals surface area contributed by atoms with E-state index < -0.39 is 18.4 Å². The average Bonchev–Trinajstić information content (AvgIpc) is 2.36. The first kappa shape index (κ1) is 15.5. The molecule has 0 fully saturated rings. The number of ether oxygens (including phenoxy) is 1. The van der Waals surface area contributed by atoms with E-state index in [1.54, 1.807) is 24.3 Å². The molecule has 1 N–H and O–H groups in total. The van der Waals surface area contributed by atoms with Gasteiger partial charge in [0.05, 0.1) is 6.61 Å². The molecule has 0 heterocycles. The highest BCUT2D eigenvalue weighted by molar-refractivity contribution is 5.84. The number of aliphatic hydroxyl groups is 1. The van der Waals surface area contributed by atoms with Gasteiger partial charge in [0.1, 0.15) is 5.75 Å². The van der Waals surface area contributed by atoms with Crippen LogP contribution in [0.4, 0.5) is 13.2 Å². The first-order valence-corrected chi connectivity index (χ1v) is 5.86. The zero-order chi connectivity index (χ0) is 14.3. The fourth-order valence-corrected chi connectivity index (χ4v) is 1.41. The van der Waals surface area contributed by atoms with Crippen LogP contribution in [-0.4, -0.2) is 30.3 Å². The highest BCUT2D eigenvalue weighted by Gasteiger charge is 2.37. The van der Waals surface area contributed by atoms with Crippen LogP contribution in [0.5, 0.6) is 5.75 Å². The molecule has 1 rings (SSSR count). The van der Waals surface area contributed by atoms with E-state index in [1.165, 1.54) is 0 Å². The lowest BCUT2D eigenvalue weighted by Gasteiger charge is -2.07. The highest BCUT2D eigenvalue weighted by atomic mass is 19.4. The normalized spacial score (nSPS) is 11.4. The minimum atomic E-state index is -4.76. The number of aryl methyl sites for hydroxylation is 1. The number of carbonyl (C=O) groups excluding carboxylic acids is 1. The van der Waals surface area contributed by atoms with Crippen molar-refractivity contribution < 1.29 is 27.8 Å².